The van der Waals surface area contributed by atoms with Gasteiger partial charge in [-0.15, -0.1) is 27.2 Å². The van der Waals surface area contributed by atoms with Gasteiger partial charge in [-0.05, 0) is 68.1 Å². The van der Waals surface area contributed by atoms with Gasteiger partial charge in [-0.2, -0.15) is 4.31 Å². The fourth-order valence-electron chi connectivity index (χ4n) is 5.10. The van der Waals surface area contributed by atoms with Crippen LogP contribution in [0.4, 0.5) is 0 Å². The molecule has 2 unspecified atom stereocenters. The molecule has 0 saturated heterocycles. The topological polar surface area (TPSA) is 134 Å². The molecular weight excluding hydrogens is 538 g/mol. The van der Waals surface area contributed by atoms with Crippen molar-refractivity contribution in [2.24, 2.45) is 0 Å². The average molecular weight is 572 g/mol. The number of thiophene rings is 1. The Bertz CT molecular complexity index is 1520. The van der Waals surface area contributed by atoms with Crippen molar-refractivity contribution in [1.82, 2.24) is 24.3 Å². The number of carboxylic acid groups (broad SMARTS) is 1. The summed E-state index contributed by atoms with van der Waals surface area (Å²) in [4.78, 5) is 18.4. The lowest BCUT2D eigenvalue weighted by Crippen LogP contribution is -2.34. The van der Waals surface area contributed by atoms with Gasteiger partial charge in [-0.3, -0.25) is 13.9 Å². The molecule has 0 radical (unpaired) electrons. The summed E-state index contributed by atoms with van der Waals surface area (Å²) in [6, 6.07) is 9.26. The van der Waals surface area contributed by atoms with Crippen LogP contribution in [-0.4, -0.2) is 57.1 Å². The van der Waals surface area contributed by atoms with Crippen molar-refractivity contribution in [3.8, 4) is 5.88 Å². The molecule has 4 aromatic rings. The molecule has 12 heteroatoms. The minimum Gasteiger partial charge on any atom is -0.481 e. The maximum Gasteiger partial charge on any atom is 0.304 e. The number of aryl methyl sites for hydroxylation is 3. The SMILES string of the molecule is CCC1CN(Cc2cc(C(CC(=O)O)c3ccc4c(nnn4CC)c3C)sc2C)S(O)(O)c2cccnc2O1. The molecular formula is C27H33N5O5S2. The molecule has 1 aliphatic heterocycles. The third-order valence-corrected chi connectivity index (χ3v) is 10.4. The van der Waals surface area contributed by atoms with Gasteiger partial charge < -0.3 is 9.84 Å². The number of benzene rings is 1. The Morgan fingerprint density at radius 2 is 2.05 bits per heavy atom. The first kappa shape index (κ1) is 27.5. The number of carbonyl (C=O) groups is 1. The summed E-state index contributed by atoms with van der Waals surface area (Å²) in [6.45, 7) is 9.24. The van der Waals surface area contributed by atoms with E-state index in [0.29, 0.717) is 19.5 Å². The van der Waals surface area contributed by atoms with Gasteiger partial charge in [0.1, 0.15) is 16.5 Å². The molecule has 2 atom stereocenters. The smallest absolute Gasteiger partial charge is 0.304 e. The van der Waals surface area contributed by atoms with Crippen molar-refractivity contribution < 1.29 is 23.7 Å². The van der Waals surface area contributed by atoms with E-state index in [1.54, 1.807) is 34.0 Å². The summed E-state index contributed by atoms with van der Waals surface area (Å²) in [5.41, 5.74) is 4.43. The van der Waals surface area contributed by atoms with Gasteiger partial charge in [0.15, 0.2) is 0 Å². The molecule has 0 fully saturated rings. The van der Waals surface area contributed by atoms with Crippen LogP contribution in [0.25, 0.3) is 11.0 Å². The number of ether oxygens (including phenoxy) is 1. The number of pyridine rings is 1. The van der Waals surface area contributed by atoms with E-state index in [2.05, 4.69) is 15.3 Å². The lowest BCUT2D eigenvalue weighted by atomic mass is 9.89. The third-order valence-electron chi connectivity index (χ3n) is 7.30. The predicted molar refractivity (Wildman–Crippen MR) is 152 cm³/mol. The Morgan fingerprint density at radius 1 is 1.26 bits per heavy atom. The van der Waals surface area contributed by atoms with Crippen molar-refractivity contribution in [1.29, 1.82) is 0 Å². The largest absolute Gasteiger partial charge is 0.481 e. The number of nitrogens with zero attached hydrogens (tertiary/aromatic N) is 5. The van der Waals surface area contributed by atoms with Crippen LogP contribution in [0, 0.1) is 13.8 Å². The van der Waals surface area contributed by atoms with Crippen molar-refractivity contribution in [3.05, 3.63) is 63.0 Å². The van der Waals surface area contributed by atoms with Gasteiger partial charge in [0.05, 0.1) is 18.5 Å². The van der Waals surface area contributed by atoms with Crippen LogP contribution < -0.4 is 4.74 Å². The maximum absolute atomic E-state index is 12.0. The lowest BCUT2D eigenvalue weighted by molar-refractivity contribution is -0.137. The van der Waals surface area contributed by atoms with Gasteiger partial charge in [0, 0.05) is 35.0 Å². The zero-order valence-corrected chi connectivity index (χ0v) is 24.0. The van der Waals surface area contributed by atoms with Gasteiger partial charge in [0.2, 0.25) is 5.88 Å². The van der Waals surface area contributed by atoms with Crippen molar-refractivity contribution >= 4 is 39.1 Å². The highest BCUT2D eigenvalue weighted by atomic mass is 32.3. The Kier molecular flexibility index (Phi) is 7.66. The minimum absolute atomic E-state index is 0.0721. The van der Waals surface area contributed by atoms with E-state index in [1.165, 1.54) is 0 Å². The number of aromatic nitrogens is 4. The molecule has 0 saturated carbocycles. The number of carboxylic acids is 1. The molecule has 1 aromatic carbocycles. The highest BCUT2D eigenvalue weighted by Crippen LogP contribution is 2.57. The second-order valence-corrected chi connectivity index (χ2v) is 13.0. The Hall–Kier alpha value is -3.03. The molecule has 3 N–H and O–H groups in total. The van der Waals surface area contributed by atoms with E-state index in [4.69, 9.17) is 4.74 Å². The number of rotatable bonds is 8. The predicted octanol–water partition coefficient (Wildman–Crippen LogP) is 5.83. The van der Waals surface area contributed by atoms with Gasteiger partial charge >= 0.3 is 5.97 Å². The molecule has 1 aliphatic rings. The molecule has 0 spiro atoms. The molecule has 4 heterocycles. The van der Waals surface area contributed by atoms with Crippen LogP contribution in [-0.2, 0) is 17.9 Å². The first-order chi connectivity index (χ1) is 18.6. The van der Waals surface area contributed by atoms with Crippen LogP contribution in [0.15, 0.2) is 41.4 Å². The molecule has 3 aromatic heterocycles. The summed E-state index contributed by atoms with van der Waals surface area (Å²) in [6.07, 6.45) is 1.94. The maximum atomic E-state index is 12.0. The van der Waals surface area contributed by atoms with E-state index in [-0.39, 0.29) is 35.8 Å². The van der Waals surface area contributed by atoms with E-state index in [1.807, 2.05) is 50.6 Å². The fraction of sp³-hybridized carbons (Fsp3) is 0.407. The standard InChI is InChI=1S/C27H33N5O5S2/c1-5-19-15-31(39(35,36)24-8-7-11-28-27(24)37-19)14-18-12-23(38-17(18)4)21(13-25(33)34)20-9-10-22-26(16(20)3)29-30-32(22)6-2/h7-12,19,21,35-36H,5-6,13-15H2,1-4H3,(H,33,34). The highest BCUT2D eigenvalue weighted by molar-refractivity contribution is 8.22. The fourth-order valence-corrected chi connectivity index (χ4v) is 7.83. The molecule has 0 aliphatic carbocycles. The van der Waals surface area contributed by atoms with E-state index in [9.17, 15) is 19.0 Å². The quantitative estimate of drug-likeness (QED) is 0.239. The van der Waals surface area contributed by atoms with Crippen molar-refractivity contribution in [3.63, 3.8) is 0 Å². The third kappa shape index (κ3) is 5.14. The zero-order chi connectivity index (χ0) is 27.9. The summed E-state index contributed by atoms with van der Waals surface area (Å²) in [7, 11) is -3.35. The normalized spacial score (nSPS) is 18.8. The van der Waals surface area contributed by atoms with Crippen LogP contribution in [0.3, 0.4) is 0 Å². The first-order valence-corrected chi connectivity index (χ1v) is 15.2. The minimum atomic E-state index is -3.35. The van der Waals surface area contributed by atoms with Crippen molar-refractivity contribution in [2.75, 3.05) is 6.54 Å². The second-order valence-electron chi connectivity index (χ2n) is 9.73. The number of aliphatic carboxylic acids is 1. The summed E-state index contributed by atoms with van der Waals surface area (Å²) in [5, 5.41) is 18.4. The average Bonchev–Trinajstić information content (AvgIpc) is 3.47. The summed E-state index contributed by atoms with van der Waals surface area (Å²) < 4.78 is 32.2. The van der Waals surface area contributed by atoms with Gasteiger partial charge in [0.25, 0.3) is 0 Å². The molecule has 39 heavy (non-hydrogen) atoms. The second kappa shape index (κ2) is 10.9. The lowest BCUT2D eigenvalue weighted by Gasteiger charge is -2.41. The summed E-state index contributed by atoms with van der Waals surface area (Å²) >= 11 is 1.54. The molecule has 0 amide bonds. The van der Waals surface area contributed by atoms with E-state index >= 15 is 0 Å². The van der Waals surface area contributed by atoms with Gasteiger partial charge in [-0.25, -0.2) is 9.67 Å². The number of hydrogen-bond donors (Lipinski definition) is 3. The Balaban J connectivity index is 1.51. The zero-order valence-electron chi connectivity index (χ0n) is 22.4. The molecule has 0 bridgehead atoms. The van der Waals surface area contributed by atoms with Crippen molar-refractivity contribution in [2.45, 2.75) is 70.5 Å². The monoisotopic (exact) mass is 571 g/mol. The molecule has 10 nitrogen and oxygen atoms in total. The van der Waals surface area contributed by atoms with Crippen LogP contribution in [0.2, 0.25) is 0 Å². The van der Waals surface area contributed by atoms with E-state index in [0.717, 1.165) is 37.5 Å². The highest BCUT2D eigenvalue weighted by Gasteiger charge is 2.36. The summed E-state index contributed by atoms with van der Waals surface area (Å²) in [5.74, 6) is -1.02. The van der Waals surface area contributed by atoms with E-state index < -0.39 is 16.7 Å². The van der Waals surface area contributed by atoms with Crippen LogP contribution >= 0.6 is 22.1 Å². The van der Waals surface area contributed by atoms with Crippen LogP contribution in [0.1, 0.15) is 59.1 Å². The Labute approximate surface area is 232 Å². The van der Waals surface area contributed by atoms with Gasteiger partial charge in [-0.1, -0.05) is 18.2 Å². The number of hydrogen-bond acceptors (Lipinski definition) is 9. The first-order valence-electron chi connectivity index (χ1n) is 12.9. The Morgan fingerprint density at radius 3 is 2.77 bits per heavy atom. The molecule has 208 valence electrons. The van der Waals surface area contributed by atoms with Crippen LogP contribution in [0.5, 0.6) is 5.88 Å². The molecule has 5 rings (SSSR count). The number of fused-ring (bicyclic) bond motifs is 2.